The van der Waals surface area contributed by atoms with Crippen LogP contribution in [-0.4, -0.2) is 36.0 Å². The minimum Gasteiger partial charge on any atom is -0.464 e. The minimum atomic E-state index is -0.646. The highest BCUT2D eigenvalue weighted by molar-refractivity contribution is 7.15. The fourth-order valence-corrected chi connectivity index (χ4v) is 4.08. The summed E-state index contributed by atoms with van der Waals surface area (Å²) in [5, 5.41) is 5.23. The molecular weight excluding hydrogens is 432 g/mol. The number of hydrogen-bond donors (Lipinski definition) is 1. The number of benzene rings is 1. The first-order valence-electron chi connectivity index (χ1n) is 9.71. The third-order valence-electron chi connectivity index (χ3n) is 4.51. The Morgan fingerprint density at radius 1 is 1.06 bits per heavy atom. The Morgan fingerprint density at radius 3 is 2.72 bits per heavy atom. The summed E-state index contributed by atoms with van der Waals surface area (Å²) in [6, 6.07) is 12.0. The minimum absolute atomic E-state index is 0.178. The average molecular weight is 450 g/mol. The predicted molar refractivity (Wildman–Crippen MR) is 119 cm³/mol. The molecule has 9 heteroatoms. The molecule has 0 saturated carbocycles. The van der Waals surface area contributed by atoms with Crippen molar-refractivity contribution in [3.8, 4) is 11.3 Å². The van der Waals surface area contributed by atoms with Gasteiger partial charge >= 0.3 is 11.9 Å². The molecule has 32 heavy (non-hydrogen) atoms. The number of rotatable bonds is 7. The second-order valence-electron chi connectivity index (χ2n) is 6.55. The Labute approximate surface area is 186 Å². The van der Waals surface area contributed by atoms with E-state index in [2.05, 4.69) is 10.3 Å². The summed E-state index contributed by atoms with van der Waals surface area (Å²) in [7, 11) is 0. The van der Waals surface area contributed by atoms with Gasteiger partial charge in [0.1, 0.15) is 16.3 Å². The summed E-state index contributed by atoms with van der Waals surface area (Å²) < 4.78 is 15.7. The quantitative estimate of drug-likeness (QED) is 0.412. The number of pyridine rings is 1. The number of amides is 1. The summed E-state index contributed by atoms with van der Waals surface area (Å²) in [5.41, 5.74) is 1.65. The van der Waals surface area contributed by atoms with Crippen LogP contribution in [0.3, 0.4) is 0 Å². The van der Waals surface area contributed by atoms with Gasteiger partial charge < -0.3 is 19.2 Å². The van der Waals surface area contributed by atoms with Crippen molar-refractivity contribution in [2.45, 2.75) is 6.92 Å². The van der Waals surface area contributed by atoms with Crippen molar-refractivity contribution in [2.24, 2.45) is 0 Å². The van der Waals surface area contributed by atoms with Crippen LogP contribution in [0.4, 0.5) is 5.00 Å². The number of furan rings is 1. The zero-order chi connectivity index (χ0) is 22.5. The molecule has 0 fully saturated rings. The lowest BCUT2D eigenvalue weighted by Crippen LogP contribution is -2.22. The lowest BCUT2D eigenvalue weighted by Gasteiger charge is -2.09. The van der Waals surface area contributed by atoms with E-state index >= 15 is 0 Å². The van der Waals surface area contributed by atoms with E-state index in [-0.39, 0.29) is 17.2 Å². The van der Waals surface area contributed by atoms with Crippen LogP contribution >= 0.6 is 11.3 Å². The highest BCUT2D eigenvalue weighted by atomic mass is 32.1. The first kappa shape index (κ1) is 21.3. The molecule has 0 bridgehead atoms. The number of carbonyl (C=O) groups is 3. The van der Waals surface area contributed by atoms with Crippen LogP contribution in [0.1, 0.15) is 27.6 Å². The molecular formula is C23H18N2O6S. The predicted octanol–water partition coefficient (Wildman–Crippen LogP) is 4.53. The Balaban J connectivity index is 1.48. The third-order valence-corrected chi connectivity index (χ3v) is 5.41. The Morgan fingerprint density at radius 2 is 1.94 bits per heavy atom. The molecule has 4 rings (SSSR count). The highest BCUT2D eigenvalue weighted by Crippen LogP contribution is 2.36. The van der Waals surface area contributed by atoms with Gasteiger partial charge in [-0.25, -0.2) is 9.59 Å². The van der Waals surface area contributed by atoms with E-state index in [4.69, 9.17) is 13.9 Å². The van der Waals surface area contributed by atoms with Crippen LogP contribution in [0.5, 0.6) is 0 Å². The van der Waals surface area contributed by atoms with Crippen LogP contribution in [-0.2, 0) is 14.3 Å². The molecule has 1 amide bonds. The number of nitrogens with zero attached hydrogens (tertiary/aromatic N) is 1. The molecule has 0 aliphatic carbocycles. The molecule has 162 valence electrons. The molecule has 0 unspecified atom stereocenters. The molecule has 0 aliphatic rings. The molecule has 0 atom stereocenters. The van der Waals surface area contributed by atoms with Gasteiger partial charge in [0.2, 0.25) is 0 Å². The average Bonchev–Trinajstić information content (AvgIpc) is 3.47. The molecule has 3 aromatic heterocycles. The zero-order valence-electron chi connectivity index (χ0n) is 17.0. The van der Waals surface area contributed by atoms with E-state index in [1.807, 2.05) is 0 Å². The topological polar surface area (TPSA) is 108 Å². The lowest BCUT2D eigenvalue weighted by atomic mass is 10.1. The van der Waals surface area contributed by atoms with E-state index in [9.17, 15) is 14.4 Å². The van der Waals surface area contributed by atoms with Crippen molar-refractivity contribution in [1.82, 2.24) is 4.98 Å². The van der Waals surface area contributed by atoms with E-state index in [0.29, 0.717) is 27.8 Å². The van der Waals surface area contributed by atoms with Crippen molar-refractivity contribution in [3.05, 3.63) is 71.4 Å². The molecule has 1 aromatic carbocycles. The van der Waals surface area contributed by atoms with Crippen molar-refractivity contribution in [1.29, 1.82) is 0 Å². The first-order chi connectivity index (χ1) is 15.6. The molecule has 0 saturated heterocycles. The van der Waals surface area contributed by atoms with Crippen molar-refractivity contribution < 1.29 is 28.3 Å². The monoisotopic (exact) mass is 450 g/mol. The van der Waals surface area contributed by atoms with Crippen LogP contribution in [0, 0.1) is 0 Å². The van der Waals surface area contributed by atoms with E-state index in [1.54, 1.807) is 61.0 Å². The summed E-state index contributed by atoms with van der Waals surface area (Å²) in [6.45, 7) is 1.35. The number of esters is 2. The fourth-order valence-electron chi connectivity index (χ4n) is 3.12. The van der Waals surface area contributed by atoms with Gasteiger partial charge in [-0.2, -0.15) is 0 Å². The van der Waals surface area contributed by atoms with Gasteiger partial charge in [-0.3, -0.25) is 9.78 Å². The number of fused-ring (bicyclic) bond motifs is 1. The Bertz CT molecular complexity index is 1270. The molecule has 8 nitrogen and oxygen atoms in total. The largest absolute Gasteiger partial charge is 0.464 e. The number of aromatic nitrogens is 1. The second-order valence-corrected chi connectivity index (χ2v) is 7.43. The number of ether oxygens (including phenoxy) is 2. The summed E-state index contributed by atoms with van der Waals surface area (Å²) >= 11 is 1.15. The fraction of sp³-hybridized carbons (Fsp3) is 0.130. The van der Waals surface area contributed by atoms with E-state index < -0.39 is 24.5 Å². The van der Waals surface area contributed by atoms with Gasteiger partial charge in [-0.1, -0.05) is 12.1 Å². The number of thiophene rings is 1. The second kappa shape index (κ2) is 9.44. The molecule has 0 spiro atoms. The normalized spacial score (nSPS) is 10.7. The third kappa shape index (κ3) is 4.37. The van der Waals surface area contributed by atoms with Crippen molar-refractivity contribution in [2.75, 3.05) is 18.5 Å². The smallest absolute Gasteiger partial charge is 0.341 e. The number of nitrogens with one attached hydrogen (secondary N) is 1. The van der Waals surface area contributed by atoms with Crippen LogP contribution < -0.4 is 5.32 Å². The molecule has 1 N–H and O–H groups in total. The summed E-state index contributed by atoms with van der Waals surface area (Å²) in [4.78, 5) is 41.7. The van der Waals surface area contributed by atoms with E-state index in [1.165, 1.54) is 6.26 Å². The number of hydrogen-bond acceptors (Lipinski definition) is 8. The van der Waals surface area contributed by atoms with Crippen molar-refractivity contribution in [3.63, 3.8) is 0 Å². The lowest BCUT2D eigenvalue weighted by molar-refractivity contribution is -0.119. The Kier molecular flexibility index (Phi) is 6.27. The molecule has 0 aliphatic heterocycles. The molecule has 3 heterocycles. The van der Waals surface area contributed by atoms with Gasteiger partial charge in [0.25, 0.3) is 5.91 Å². The maximum atomic E-state index is 12.5. The first-order valence-corrected chi connectivity index (χ1v) is 10.6. The summed E-state index contributed by atoms with van der Waals surface area (Å²) in [5.74, 6) is -1.35. The number of anilines is 1. The zero-order valence-corrected chi connectivity index (χ0v) is 17.8. The van der Waals surface area contributed by atoms with Gasteiger partial charge in [0.05, 0.1) is 24.0 Å². The number of carbonyl (C=O) groups excluding carboxylic acids is 3. The summed E-state index contributed by atoms with van der Waals surface area (Å²) in [6.07, 6.45) is 3.12. The maximum Gasteiger partial charge on any atom is 0.341 e. The van der Waals surface area contributed by atoms with Gasteiger partial charge in [-0.05, 0) is 37.3 Å². The Hall–Kier alpha value is -3.98. The highest BCUT2D eigenvalue weighted by Gasteiger charge is 2.24. The van der Waals surface area contributed by atoms with Gasteiger partial charge in [0.15, 0.2) is 6.61 Å². The van der Waals surface area contributed by atoms with Gasteiger partial charge in [0, 0.05) is 22.5 Å². The SMILES string of the molecule is CCOC(=O)c1c(-c2ccco2)csc1NC(=O)COC(=O)c1cccc2ncccc12. The standard InChI is InChI=1S/C23H18N2O6S/c1-2-29-23(28)20-16(18-9-5-11-30-18)13-32-21(20)25-19(26)12-31-22(27)15-6-3-8-17-14(15)7-4-10-24-17/h3-11,13H,2,12H2,1H3,(H,25,26). The van der Waals surface area contributed by atoms with Crippen LogP contribution in [0.2, 0.25) is 0 Å². The maximum absolute atomic E-state index is 12.5. The van der Waals surface area contributed by atoms with Gasteiger partial charge in [-0.15, -0.1) is 11.3 Å². The van der Waals surface area contributed by atoms with E-state index in [0.717, 1.165) is 11.3 Å². The van der Waals surface area contributed by atoms with Crippen LogP contribution in [0.15, 0.2) is 64.7 Å². The molecule has 0 radical (unpaired) electrons. The van der Waals surface area contributed by atoms with Crippen molar-refractivity contribution >= 4 is 45.1 Å². The van der Waals surface area contributed by atoms with Crippen LogP contribution in [0.25, 0.3) is 22.2 Å². The molecule has 4 aromatic rings.